The molecular formula is C15H23N3O. The Morgan fingerprint density at radius 2 is 2.16 bits per heavy atom. The molecule has 0 spiro atoms. The Balaban J connectivity index is 1.96. The Labute approximate surface area is 115 Å². The highest BCUT2D eigenvalue weighted by atomic mass is 16.5. The maximum absolute atomic E-state index is 5.90. The van der Waals surface area contributed by atoms with Crippen molar-refractivity contribution in [2.24, 2.45) is 5.92 Å². The molecule has 0 saturated heterocycles. The van der Waals surface area contributed by atoms with Gasteiger partial charge in [0, 0.05) is 37.4 Å². The van der Waals surface area contributed by atoms with Crippen LogP contribution < -0.4 is 5.32 Å². The maximum Gasteiger partial charge on any atom is 0.157 e. The minimum Gasteiger partial charge on any atom is -0.370 e. The molecule has 1 saturated carbocycles. The lowest BCUT2D eigenvalue weighted by Crippen LogP contribution is -2.28. The zero-order chi connectivity index (χ0) is 13.2. The molecular weight excluding hydrogens is 238 g/mol. The Morgan fingerprint density at radius 1 is 1.32 bits per heavy atom. The zero-order valence-electron chi connectivity index (χ0n) is 11.9. The highest BCUT2D eigenvalue weighted by Crippen LogP contribution is 2.42. The van der Waals surface area contributed by atoms with Gasteiger partial charge in [-0.3, -0.25) is 0 Å². The summed E-state index contributed by atoms with van der Waals surface area (Å²) in [6.07, 6.45) is 4.63. The molecule has 3 rings (SSSR count). The van der Waals surface area contributed by atoms with E-state index in [1.54, 1.807) is 0 Å². The van der Waals surface area contributed by atoms with Gasteiger partial charge >= 0.3 is 0 Å². The summed E-state index contributed by atoms with van der Waals surface area (Å²) in [5, 5.41) is 3.41. The van der Waals surface area contributed by atoms with Gasteiger partial charge in [0.15, 0.2) is 5.82 Å². The van der Waals surface area contributed by atoms with Gasteiger partial charge in [0.2, 0.25) is 0 Å². The summed E-state index contributed by atoms with van der Waals surface area (Å²) in [6, 6.07) is 0. The predicted octanol–water partition coefficient (Wildman–Crippen LogP) is 2.17. The number of nitrogens with one attached hydrogen (secondary N) is 1. The summed E-state index contributed by atoms with van der Waals surface area (Å²) in [4.78, 5) is 9.63. The molecule has 1 aliphatic carbocycles. The first kappa shape index (κ1) is 13.0. The third kappa shape index (κ3) is 2.65. The molecule has 0 radical (unpaired) electrons. The summed E-state index contributed by atoms with van der Waals surface area (Å²) in [7, 11) is 0. The van der Waals surface area contributed by atoms with E-state index in [1.807, 2.05) is 0 Å². The van der Waals surface area contributed by atoms with Gasteiger partial charge in [-0.25, -0.2) is 9.97 Å². The molecule has 104 valence electrons. The fourth-order valence-electron chi connectivity index (χ4n) is 2.85. The Morgan fingerprint density at radius 3 is 2.84 bits per heavy atom. The highest BCUT2D eigenvalue weighted by Gasteiger charge is 2.35. The van der Waals surface area contributed by atoms with Crippen LogP contribution >= 0.6 is 0 Å². The monoisotopic (exact) mass is 261 g/mol. The van der Waals surface area contributed by atoms with E-state index in [2.05, 4.69) is 19.2 Å². The smallest absolute Gasteiger partial charge is 0.157 e. The van der Waals surface area contributed by atoms with E-state index >= 15 is 0 Å². The van der Waals surface area contributed by atoms with Crippen LogP contribution in [0.5, 0.6) is 0 Å². The number of rotatable bonds is 5. The van der Waals surface area contributed by atoms with Crippen molar-refractivity contribution >= 4 is 0 Å². The van der Waals surface area contributed by atoms with E-state index in [1.165, 1.54) is 29.8 Å². The van der Waals surface area contributed by atoms with Crippen LogP contribution in [0.15, 0.2) is 0 Å². The van der Waals surface area contributed by atoms with Gasteiger partial charge in [-0.15, -0.1) is 0 Å². The molecule has 0 aromatic carbocycles. The first-order valence-electron chi connectivity index (χ1n) is 7.54. The van der Waals surface area contributed by atoms with Crippen LogP contribution in [0, 0.1) is 5.92 Å². The summed E-state index contributed by atoms with van der Waals surface area (Å²) < 4.78 is 5.90. The van der Waals surface area contributed by atoms with E-state index < -0.39 is 0 Å². The first-order chi connectivity index (χ1) is 9.33. The second-order valence-corrected chi connectivity index (χ2v) is 5.45. The summed E-state index contributed by atoms with van der Waals surface area (Å²) in [5.74, 6) is 1.58. The van der Waals surface area contributed by atoms with Gasteiger partial charge in [0.1, 0.15) is 6.10 Å². The molecule has 1 aromatic rings. The van der Waals surface area contributed by atoms with Crippen LogP contribution in [0.1, 0.15) is 55.6 Å². The second-order valence-electron chi connectivity index (χ2n) is 5.45. The molecule has 2 aliphatic rings. The lowest BCUT2D eigenvalue weighted by molar-refractivity contribution is 0.0396. The van der Waals surface area contributed by atoms with Crippen LogP contribution in [0.25, 0.3) is 0 Å². The summed E-state index contributed by atoms with van der Waals surface area (Å²) in [6.45, 7) is 6.91. The molecule has 19 heavy (non-hydrogen) atoms. The van der Waals surface area contributed by atoms with Crippen molar-refractivity contribution in [3.8, 4) is 0 Å². The fourth-order valence-corrected chi connectivity index (χ4v) is 2.85. The SMILES string of the molecule is CCOC(c1nc(CC)c2c(n1)CCNC2)C1CC1. The topological polar surface area (TPSA) is 47.0 Å². The predicted molar refractivity (Wildman–Crippen MR) is 73.9 cm³/mol. The number of hydrogen-bond acceptors (Lipinski definition) is 4. The average Bonchev–Trinajstić information content (AvgIpc) is 3.28. The third-order valence-corrected chi connectivity index (χ3v) is 4.02. The first-order valence-corrected chi connectivity index (χ1v) is 7.54. The highest BCUT2D eigenvalue weighted by molar-refractivity contribution is 5.29. The number of aryl methyl sites for hydroxylation is 1. The van der Waals surface area contributed by atoms with Crippen LogP contribution in [-0.4, -0.2) is 23.1 Å². The standard InChI is InChI=1S/C15H23N3O/c1-3-12-11-9-16-8-7-13(11)18-15(17-12)14(19-4-2)10-5-6-10/h10,14,16H,3-9H2,1-2H3. The second kappa shape index (κ2) is 5.55. The van der Waals surface area contributed by atoms with Gasteiger partial charge in [-0.2, -0.15) is 0 Å². The van der Waals surface area contributed by atoms with Crippen molar-refractivity contribution in [2.75, 3.05) is 13.2 Å². The molecule has 1 unspecified atom stereocenters. The molecule has 1 atom stereocenters. The van der Waals surface area contributed by atoms with Crippen molar-refractivity contribution in [3.63, 3.8) is 0 Å². The van der Waals surface area contributed by atoms with Crippen LogP contribution in [0.4, 0.5) is 0 Å². The maximum atomic E-state index is 5.90. The number of ether oxygens (including phenoxy) is 1. The lowest BCUT2D eigenvalue weighted by atomic mass is 10.0. The molecule has 0 bridgehead atoms. The molecule has 1 aromatic heterocycles. The van der Waals surface area contributed by atoms with Gasteiger partial charge in [0.05, 0.1) is 5.69 Å². The van der Waals surface area contributed by atoms with Gasteiger partial charge in [-0.1, -0.05) is 6.92 Å². The summed E-state index contributed by atoms with van der Waals surface area (Å²) in [5.41, 5.74) is 3.77. The fraction of sp³-hybridized carbons (Fsp3) is 0.733. The third-order valence-electron chi connectivity index (χ3n) is 4.02. The van der Waals surface area contributed by atoms with Crippen LogP contribution in [0.3, 0.4) is 0 Å². The number of nitrogens with zero attached hydrogens (tertiary/aromatic N) is 2. The number of hydrogen-bond donors (Lipinski definition) is 1. The molecule has 0 amide bonds. The van der Waals surface area contributed by atoms with E-state index in [9.17, 15) is 0 Å². The van der Waals surface area contributed by atoms with Crippen molar-refractivity contribution in [2.45, 2.75) is 52.2 Å². The quantitative estimate of drug-likeness (QED) is 0.882. The van der Waals surface area contributed by atoms with Crippen molar-refractivity contribution in [1.29, 1.82) is 0 Å². The zero-order valence-corrected chi connectivity index (χ0v) is 11.9. The van der Waals surface area contributed by atoms with E-state index in [4.69, 9.17) is 14.7 Å². The normalized spacial score (nSPS) is 20.1. The van der Waals surface area contributed by atoms with Crippen molar-refractivity contribution in [3.05, 3.63) is 22.8 Å². The molecule has 1 aliphatic heterocycles. The van der Waals surface area contributed by atoms with Gasteiger partial charge in [0.25, 0.3) is 0 Å². The Kier molecular flexibility index (Phi) is 3.80. The van der Waals surface area contributed by atoms with Crippen molar-refractivity contribution in [1.82, 2.24) is 15.3 Å². The minimum absolute atomic E-state index is 0.121. The average molecular weight is 261 g/mol. The number of fused-ring (bicyclic) bond motifs is 1. The molecule has 1 fully saturated rings. The van der Waals surface area contributed by atoms with Gasteiger partial charge < -0.3 is 10.1 Å². The molecule has 2 heterocycles. The molecule has 1 N–H and O–H groups in total. The number of aromatic nitrogens is 2. The van der Waals surface area contributed by atoms with Gasteiger partial charge in [-0.05, 0) is 32.1 Å². The largest absolute Gasteiger partial charge is 0.370 e. The van der Waals surface area contributed by atoms with E-state index in [0.29, 0.717) is 5.92 Å². The Hall–Kier alpha value is -1.00. The summed E-state index contributed by atoms with van der Waals surface area (Å²) >= 11 is 0. The van der Waals surface area contributed by atoms with E-state index in [0.717, 1.165) is 38.4 Å². The minimum atomic E-state index is 0.121. The van der Waals surface area contributed by atoms with Crippen LogP contribution in [-0.2, 0) is 24.1 Å². The molecule has 4 heteroatoms. The van der Waals surface area contributed by atoms with Crippen LogP contribution in [0.2, 0.25) is 0 Å². The molecule has 4 nitrogen and oxygen atoms in total. The van der Waals surface area contributed by atoms with E-state index in [-0.39, 0.29) is 6.10 Å². The Bertz CT molecular complexity index is 440. The van der Waals surface area contributed by atoms with Crippen molar-refractivity contribution < 1.29 is 4.74 Å². The lowest BCUT2D eigenvalue weighted by Gasteiger charge is -2.22.